The first-order chi connectivity index (χ1) is 13.1. The SMILES string of the molecule is CC(=O)N(CC(=O)Nc1ccc(N2CCCC2)cc1)c1ccc(C#N)cc1. The van der Waals surface area contributed by atoms with E-state index in [4.69, 9.17) is 5.26 Å². The van der Waals surface area contributed by atoms with Crippen LogP contribution in [0.15, 0.2) is 48.5 Å². The van der Waals surface area contributed by atoms with Crippen molar-refractivity contribution in [3.05, 3.63) is 54.1 Å². The number of carbonyl (C=O) groups excluding carboxylic acids is 2. The Labute approximate surface area is 159 Å². The third kappa shape index (κ3) is 4.64. The maximum absolute atomic E-state index is 12.4. The summed E-state index contributed by atoms with van der Waals surface area (Å²) in [5.74, 6) is -0.511. The average Bonchev–Trinajstić information content (AvgIpc) is 3.21. The first-order valence-electron chi connectivity index (χ1n) is 9.00. The predicted molar refractivity (Wildman–Crippen MR) is 106 cm³/mol. The third-order valence-electron chi connectivity index (χ3n) is 4.61. The van der Waals surface area contributed by atoms with Gasteiger partial charge in [-0.1, -0.05) is 0 Å². The van der Waals surface area contributed by atoms with E-state index in [1.54, 1.807) is 24.3 Å². The van der Waals surface area contributed by atoms with Gasteiger partial charge in [-0.15, -0.1) is 0 Å². The summed E-state index contributed by atoms with van der Waals surface area (Å²) in [5, 5.41) is 11.7. The van der Waals surface area contributed by atoms with Crippen molar-refractivity contribution in [1.29, 1.82) is 5.26 Å². The van der Waals surface area contributed by atoms with Gasteiger partial charge >= 0.3 is 0 Å². The van der Waals surface area contributed by atoms with Crippen LogP contribution in [0.3, 0.4) is 0 Å². The van der Waals surface area contributed by atoms with Gasteiger partial charge in [-0.3, -0.25) is 9.59 Å². The minimum absolute atomic E-state index is 0.0882. The van der Waals surface area contributed by atoms with Crippen molar-refractivity contribution in [1.82, 2.24) is 0 Å². The largest absolute Gasteiger partial charge is 0.372 e. The molecule has 0 atom stereocenters. The molecule has 1 saturated heterocycles. The molecule has 0 unspecified atom stereocenters. The Bertz CT molecular complexity index is 847. The first kappa shape index (κ1) is 18.5. The molecule has 1 N–H and O–H groups in total. The van der Waals surface area contributed by atoms with E-state index < -0.39 is 0 Å². The van der Waals surface area contributed by atoms with Crippen LogP contribution >= 0.6 is 0 Å². The molecule has 1 fully saturated rings. The van der Waals surface area contributed by atoms with Crippen molar-refractivity contribution in [2.75, 3.05) is 34.8 Å². The molecule has 3 rings (SSSR count). The number of anilines is 3. The highest BCUT2D eigenvalue weighted by Gasteiger charge is 2.16. The molecule has 2 aromatic carbocycles. The summed E-state index contributed by atoms with van der Waals surface area (Å²) >= 11 is 0. The molecule has 0 aliphatic carbocycles. The van der Waals surface area contributed by atoms with Gasteiger partial charge in [-0.2, -0.15) is 5.26 Å². The fourth-order valence-corrected chi connectivity index (χ4v) is 3.18. The summed E-state index contributed by atoms with van der Waals surface area (Å²) in [6.45, 7) is 3.47. The lowest BCUT2D eigenvalue weighted by molar-refractivity contribution is -0.120. The topological polar surface area (TPSA) is 76.4 Å². The van der Waals surface area contributed by atoms with Crippen molar-refractivity contribution >= 4 is 28.9 Å². The molecule has 0 bridgehead atoms. The van der Waals surface area contributed by atoms with Crippen molar-refractivity contribution in [3.8, 4) is 6.07 Å². The summed E-state index contributed by atoms with van der Waals surface area (Å²) in [4.78, 5) is 28.1. The summed E-state index contributed by atoms with van der Waals surface area (Å²) in [6, 6.07) is 16.4. The Morgan fingerprint density at radius 3 is 2.26 bits per heavy atom. The molecule has 27 heavy (non-hydrogen) atoms. The highest BCUT2D eigenvalue weighted by molar-refractivity contribution is 6.01. The van der Waals surface area contributed by atoms with E-state index in [0.29, 0.717) is 16.9 Å². The minimum atomic E-state index is -0.275. The standard InChI is InChI=1S/C21H22N4O2/c1-16(26)25(20-8-4-17(14-22)5-9-20)15-21(27)23-18-6-10-19(11-7-18)24-12-2-3-13-24/h4-11H,2-3,12-13,15H2,1H3,(H,23,27). The Morgan fingerprint density at radius 1 is 1.07 bits per heavy atom. The molecule has 2 aromatic rings. The number of carbonyl (C=O) groups is 2. The van der Waals surface area contributed by atoms with E-state index in [1.165, 1.54) is 24.7 Å². The van der Waals surface area contributed by atoms with Crippen LogP contribution in [-0.4, -0.2) is 31.4 Å². The van der Waals surface area contributed by atoms with E-state index in [0.717, 1.165) is 18.8 Å². The van der Waals surface area contributed by atoms with Crippen molar-refractivity contribution in [3.63, 3.8) is 0 Å². The maximum Gasteiger partial charge on any atom is 0.244 e. The first-order valence-corrected chi connectivity index (χ1v) is 9.00. The second-order valence-corrected chi connectivity index (χ2v) is 6.55. The number of nitrogens with one attached hydrogen (secondary N) is 1. The molecule has 0 saturated carbocycles. The molecule has 1 aliphatic rings. The maximum atomic E-state index is 12.4. The van der Waals surface area contributed by atoms with Gasteiger partial charge in [0.2, 0.25) is 11.8 Å². The van der Waals surface area contributed by atoms with Gasteiger partial charge in [0.25, 0.3) is 0 Å². The van der Waals surface area contributed by atoms with E-state index in [2.05, 4.69) is 10.2 Å². The normalized spacial score (nSPS) is 13.1. The lowest BCUT2D eigenvalue weighted by atomic mass is 10.2. The second kappa shape index (κ2) is 8.37. The monoisotopic (exact) mass is 362 g/mol. The molecule has 138 valence electrons. The van der Waals surface area contributed by atoms with Gasteiger partial charge in [0, 0.05) is 37.1 Å². The Kier molecular flexibility index (Phi) is 5.72. The Balaban J connectivity index is 1.63. The number of benzene rings is 2. The van der Waals surface area contributed by atoms with Crippen LogP contribution in [0, 0.1) is 11.3 Å². The number of nitrogens with zero attached hydrogens (tertiary/aromatic N) is 3. The minimum Gasteiger partial charge on any atom is -0.372 e. The fraction of sp³-hybridized carbons (Fsp3) is 0.286. The summed E-state index contributed by atoms with van der Waals surface area (Å²) in [5.41, 5.74) is 2.95. The molecule has 6 nitrogen and oxygen atoms in total. The molecule has 6 heteroatoms. The zero-order chi connectivity index (χ0) is 19.2. The van der Waals surface area contributed by atoms with Gasteiger partial charge < -0.3 is 15.1 Å². The molecule has 1 heterocycles. The number of nitriles is 1. The number of hydrogen-bond donors (Lipinski definition) is 1. The second-order valence-electron chi connectivity index (χ2n) is 6.55. The van der Waals surface area contributed by atoms with Crippen molar-refractivity contribution in [2.45, 2.75) is 19.8 Å². The average molecular weight is 362 g/mol. The van der Waals surface area contributed by atoms with Gasteiger partial charge in [0.15, 0.2) is 0 Å². The van der Waals surface area contributed by atoms with E-state index in [-0.39, 0.29) is 18.4 Å². The zero-order valence-electron chi connectivity index (χ0n) is 15.3. The van der Waals surface area contributed by atoms with Gasteiger partial charge in [0.1, 0.15) is 6.54 Å². The number of amides is 2. The molecular weight excluding hydrogens is 340 g/mol. The van der Waals surface area contributed by atoms with E-state index >= 15 is 0 Å². The van der Waals surface area contributed by atoms with Crippen LogP contribution in [0.4, 0.5) is 17.1 Å². The molecule has 1 aliphatic heterocycles. The summed E-state index contributed by atoms with van der Waals surface area (Å²) in [7, 11) is 0. The predicted octanol–water partition coefficient (Wildman–Crippen LogP) is 3.15. The van der Waals surface area contributed by atoms with E-state index in [9.17, 15) is 9.59 Å². The van der Waals surface area contributed by atoms with Crippen LogP contribution < -0.4 is 15.1 Å². The van der Waals surface area contributed by atoms with Gasteiger partial charge in [-0.25, -0.2) is 0 Å². The molecule has 0 spiro atoms. The lowest BCUT2D eigenvalue weighted by Crippen LogP contribution is -2.36. The summed E-state index contributed by atoms with van der Waals surface area (Å²) < 4.78 is 0. The Hall–Kier alpha value is -3.33. The van der Waals surface area contributed by atoms with Crippen molar-refractivity contribution < 1.29 is 9.59 Å². The lowest BCUT2D eigenvalue weighted by Gasteiger charge is -2.21. The van der Waals surface area contributed by atoms with Crippen LogP contribution in [0.2, 0.25) is 0 Å². The van der Waals surface area contributed by atoms with Crippen LogP contribution in [0.1, 0.15) is 25.3 Å². The molecular formula is C21H22N4O2. The van der Waals surface area contributed by atoms with Crippen molar-refractivity contribution in [2.24, 2.45) is 0 Å². The van der Waals surface area contributed by atoms with Crippen LogP contribution in [0.5, 0.6) is 0 Å². The Morgan fingerprint density at radius 2 is 1.70 bits per heavy atom. The summed E-state index contributed by atoms with van der Waals surface area (Å²) in [6.07, 6.45) is 2.43. The van der Waals surface area contributed by atoms with Crippen LogP contribution in [0.25, 0.3) is 0 Å². The molecule has 2 amide bonds. The highest BCUT2D eigenvalue weighted by atomic mass is 16.2. The zero-order valence-corrected chi connectivity index (χ0v) is 15.3. The van der Waals surface area contributed by atoms with Crippen LogP contribution in [-0.2, 0) is 9.59 Å². The smallest absolute Gasteiger partial charge is 0.244 e. The quantitative estimate of drug-likeness (QED) is 0.886. The molecule has 0 radical (unpaired) electrons. The third-order valence-corrected chi connectivity index (χ3v) is 4.61. The molecule has 0 aromatic heterocycles. The van der Waals surface area contributed by atoms with E-state index in [1.807, 2.05) is 30.3 Å². The van der Waals surface area contributed by atoms with Gasteiger partial charge in [-0.05, 0) is 61.4 Å². The number of hydrogen-bond acceptors (Lipinski definition) is 4. The highest BCUT2D eigenvalue weighted by Crippen LogP contribution is 2.22. The number of rotatable bonds is 5. The van der Waals surface area contributed by atoms with Gasteiger partial charge in [0.05, 0.1) is 11.6 Å². The fourth-order valence-electron chi connectivity index (χ4n) is 3.18.